The molecule has 74 valence electrons. The van der Waals surface area contributed by atoms with Crippen LogP contribution in [0.1, 0.15) is 0 Å². The number of nitrogens with zero attached hydrogens (tertiary/aromatic N) is 2. The van der Waals surface area contributed by atoms with E-state index in [4.69, 9.17) is 9.79 Å². The van der Waals surface area contributed by atoms with Gasteiger partial charge in [-0.2, -0.15) is 0 Å². The first kappa shape index (κ1) is 12.4. The second-order valence-corrected chi connectivity index (χ2v) is 3.42. The lowest BCUT2D eigenvalue weighted by atomic mass is 10.7. The van der Waals surface area contributed by atoms with Crippen LogP contribution in [0.15, 0.2) is 24.8 Å². The molecule has 13 heavy (non-hydrogen) atoms. The van der Waals surface area contributed by atoms with Crippen molar-refractivity contribution in [3.05, 3.63) is 24.8 Å². The zero-order valence-electron chi connectivity index (χ0n) is 6.32. The van der Waals surface area contributed by atoms with Crippen molar-refractivity contribution in [1.82, 2.24) is 9.97 Å². The van der Waals surface area contributed by atoms with Crippen LogP contribution in [0.5, 0.6) is 0 Å². The van der Waals surface area contributed by atoms with Crippen LogP contribution in [0.25, 0.3) is 0 Å². The van der Waals surface area contributed by atoms with Gasteiger partial charge in [0.15, 0.2) is 0 Å². The van der Waals surface area contributed by atoms with Gasteiger partial charge in [-0.1, -0.05) is 0 Å². The number of hydrogen-bond donors (Lipinski definition) is 2. The second-order valence-electron chi connectivity index (χ2n) is 1.54. The Kier molecular flexibility index (Phi) is 7.68. The standard InChI is InChI=1S/C4H4N2.H4O5P2/c1-2-5-4-6-3-1;1-6(2)5-7(3)4/h1-4H;6-7H,(H,1,2)(H,3,4). The Morgan fingerprint density at radius 3 is 1.62 bits per heavy atom. The van der Waals surface area contributed by atoms with Crippen LogP contribution in [0.3, 0.4) is 0 Å². The van der Waals surface area contributed by atoms with Gasteiger partial charge in [-0.25, -0.2) is 14.3 Å². The van der Waals surface area contributed by atoms with Crippen LogP contribution in [-0.2, 0) is 13.4 Å². The van der Waals surface area contributed by atoms with E-state index >= 15 is 0 Å². The van der Waals surface area contributed by atoms with Crippen molar-refractivity contribution in [2.75, 3.05) is 0 Å². The summed E-state index contributed by atoms with van der Waals surface area (Å²) in [5, 5.41) is 0. The van der Waals surface area contributed by atoms with Crippen LogP contribution >= 0.6 is 16.5 Å². The van der Waals surface area contributed by atoms with E-state index in [1.807, 2.05) is 0 Å². The Balaban J connectivity index is 0.000000223. The molecule has 0 amide bonds. The van der Waals surface area contributed by atoms with Gasteiger partial charge in [0.25, 0.3) is 0 Å². The second kappa shape index (κ2) is 8.04. The molecule has 0 bridgehead atoms. The first-order valence-electron chi connectivity index (χ1n) is 2.96. The predicted molar refractivity (Wildman–Crippen MR) is 45.6 cm³/mol. The highest BCUT2D eigenvalue weighted by Gasteiger charge is 1.93. The van der Waals surface area contributed by atoms with Crippen molar-refractivity contribution in [1.29, 1.82) is 0 Å². The average molecular weight is 226 g/mol. The maximum atomic E-state index is 9.44. The molecule has 2 atom stereocenters. The van der Waals surface area contributed by atoms with Gasteiger partial charge in [0.1, 0.15) is 6.33 Å². The monoisotopic (exact) mass is 226 g/mol. The summed E-state index contributed by atoms with van der Waals surface area (Å²) >= 11 is 0. The summed E-state index contributed by atoms with van der Waals surface area (Å²) in [6.07, 6.45) is 4.88. The van der Waals surface area contributed by atoms with Crippen molar-refractivity contribution >= 4 is 16.5 Å². The van der Waals surface area contributed by atoms with Gasteiger partial charge in [0.05, 0.1) is 0 Å². The van der Waals surface area contributed by atoms with Gasteiger partial charge in [0.2, 0.25) is 0 Å². The molecule has 0 saturated heterocycles. The Morgan fingerprint density at radius 1 is 1.08 bits per heavy atom. The largest absolute Gasteiger partial charge is 0.326 e. The molecule has 0 aromatic carbocycles. The van der Waals surface area contributed by atoms with E-state index in [1.54, 1.807) is 18.5 Å². The molecule has 1 heterocycles. The van der Waals surface area contributed by atoms with Crippen LogP contribution < -0.4 is 0 Å². The first-order chi connectivity index (χ1) is 6.13. The van der Waals surface area contributed by atoms with Crippen LogP contribution in [0.2, 0.25) is 0 Å². The van der Waals surface area contributed by atoms with Crippen LogP contribution in [-0.4, -0.2) is 19.8 Å². The van der Waals surface area contributed by atoms with E-state index < -0.39 is 16.5 Å². The highest BCUT2D eigenvalue weighted by atomic mass is 31.2. The fraction of sp³-hybridized carbons (Fsp3) is 0. The van der Waals surface area contributed by atoms with Crippen molar-refractivity contribution in [2.45, 2.75) is 0 Å². The number of rotatable bonds is 2. The minimum absolute atomic E-state index is 1.50. The Labute approximate surface area is 75.3 Å². The van der Waals surface area contributed by atoms with Crippen molar-refractivity contribution < 1.29 is 23.2 Å². The van der Waals surface area contributed by atoms with Crippen molar-refractivity contribution in [3.63, 3.8) is 0 Å². The molecule has 2 unspecified atom stereocenters. The molecule has 0 aliphatic heterocycles. The maximum Gasteiger partial charge on any atom is 0.323 e. The first-order valence-corrected chi connectivity index (χ1v) is 5.49. The van der Waals surface area contributed by atoms with Crippen LogP contribution in [0.4, 0.5) is 0 Å². The van der Waals surface area contributed by atoms with E-state index in [0.29, 0.717) is 0 Å². The van der Waals surface area contributed by atoms with Gasteiger partial charge < -0.3 is 9.79 Å². The van der Waals surface area contributed by atoms with E-state index in [9.17, 15) is 9.13 Å². The smallest absolute Gasteiger partial charge is 0.323 e. The Morgan fingerprint density at radius 2 is 1.54 bits per heavy atom. The topological polar surface area (TPSA) is 110 Å². The van der Waals surface area contributed by atoms with Gasteiger partial charge in [-0.05, 0) is 6.07 Å². The fourth-order valence-corrected chi connectivity index (χ4v) is 0.926. The lowest BCUT2D eigenvalue weighted by Gasteiger charge is -1.86. The summed E-state index contributed by atoms with van der Waals surface area (Å²) in [6.45, 7) is 0. The summed E-state index contributed by atoms with van der Waals surface area (Å²) in [7, 11) is -6.40. The van der Waals surface area contributed by atoms with Crippen molar-refractivity contribution in [2.24, 2.45) is 0 Å². The summed E-state index contributed by atoms with van der Waals surface area (Å²) in [5.41, 5.74) is 0. The van der Waals surface area contributed by atoms with Crippen molar-refractivity contribution in [3.8, 4) is 0 Å². The predicted octanol–water partition coefficient (Wildman–Crippen LogP) is 0.244. The summed E-state index contributed by atoms with van der Waals surface area (Å²) in [6, 6.07) is 1.78. The van der Waals surface area contributed by atoms with E-state index in [-0.39, 0.29) is 0 Å². The summed E-state index contributed by atoms with van der Waals surface area (Å²) in [5.74, 6) is 0. The molecule has 0 spiro atoms. The highest BCUT2D eigenvalue weighted by Crippen LogP contribution is 2.30. The lowest BCUT2D eigenvalue weighted by Crippen LogP contribution is -1.66. The summed E-state index contributed by atoms with van der Waals surface area (Å²) in [4.78, 5) is 22.8. The molecule has 0 aliphatic rings. The quantitative estimate of drug-likeness (QED) is 0.695. The fourth-order valence-electron chi connectivity index (χ4n) is 0.328. The minimum atomic E-state index is -3.20. The third-order valence-corrected chi connectivity index (χ3v) is 2.05. The number of hydrogen-bond acceptors (Lipinski definition) is 5. The van der Waals surface area contributed by atoms with Gasteiger partial charge in [-0.3, -0.25) is 9.13 Å². The minimum Gasteiger partial charge on any atom is -0.326 e. The lowest BCUT2D eigenvalue weighted by molar-refractivity contribution is 0.371. The van der Waals surface area contributed by atoms with E-state index in [1.165, 1.54) is 6.33 Å². The third-order valence-electron chi connectivity index (χ3n) is 0.652. The van der Waals surface area contributed by atoms with E-state index in [2.05, 4.69) is 14.3 Å². The molecule has 0 fully saturated rings. The summed E-state index contributed by atoms with van der Waals surface area (Å²) < 4.78 is 22.3. The molecule has 0 saturated carbocycles. The van der Waals surface area contributed by atoms with Gasteiger partial charge in [-0.15, -0.1) is 0 Å². The molecule has 1 aromatic heterocycles. The SMILES string of the molecule is O=[PH](O)O[PH](=O)O.c1cncnc1. The molecule has 2 N–H and O–H groups in total. The molecular formula is C4H8N2O5P2. The molecule has 0 radical (unpaired) electrons. The van der Waals surface area contributed by atoms with Gasteiger partial charge in [0, 0.05) is 12.4 Å². The van der Waals surface area contributed by atoms with E-state index in [0.717, 1.165) is 0 Å². The normalized spacial score (nSPS) is 13.7. The molecule has 7 nitrogen and oxygen atoms in total. The maximum absolute atomic E-state index is 9.44. The van der Waals surface area contributed by atoms with Gasteiger partial charge >= 0.3 is 16.5 Å². The molecule has 1 aromatic rings. The molecular weight excluding hydrogens is 218 g/mol. The number of aromatic nitrogens is 2. The highest BCUT2D eigenvalue weighted by molar-refractivity contribution is 7.46. The zero-order chi connectivity index (χ0) is 10.1. The Bertz CT molecular complexity index is 230. The molecule has 9 heteroatoms. The zero-order valence-corrected chi connectivity index (χ0v) is 8.32. The molecule has 0 aliphatic carbocycles. The third kappa shape index (κ3) is 11.4. The van der Waals surface area contributed by atoms with Crippen LogP contribution in [0, 0.1) is 0 Å². The molecule has 1 rings (SSSR count). The average Bonchev–Trinajstić information content (AvgIpc) is 2.06. The Hall–Kier alpha value is -0.580.